The van der Waals surface area contributed by atoms with E-state index in [1.807, 2.05) is 30.3 Å². The number of hydrogen-bond acceptors (Lipinski definition) is 2. The van der Waals surface area contributed by atoms with Gasteiger partial charge in [-0.05, 0) is 43.6 Å². The highest BCUT2D eigenvalue weighted by Gasteiger charge is 2.17. The molecule has 1 aliphatic rings. The predicted octanol–water partition coefficient (Wildman–Crippen LogP) is 4.17. The van der Waals surface area contributed by atoms with Gasteiger partial charge in [0, 0.05) is 22.7 Å². The van der Waals surface area contributed by atoms with Gasteiger partial charge in [0.25, 0.3) is 0 Å². The summed E-state index contributed by atoms with van der Waals surface area (Å²) in [5.41, 5.74) is 2.53. The summed E-state index contributed by atoms with van der Waals surface area (Å²) in [5.74, 6) is 0.0484. The third-order valence-corrected chi connectivity index (χ3v) is 4.18. The molecule has 0 amide bonds. The molecular formula is C18H18ClNO. The summed E-state index contributed by atoms with van der Waals surface area (Å²) >= 11 is 5.99. The second-order valence-corrected chi connectivity index (χ2v) is 5.92. The highest BCUT2D eigenvalue weighted by Crippen LogP contribution is 2.20. The van der Waals surface area contributed by atoms with E-state index in [1.165, 1.54) is 12.8 Å². The topological polar surface area (TPSA) is 20.3 Å². The van der Waals surface area contributed by atoms with E-state index in [0.29, 0.717) is 10.6 Å². The third kappa shape index (κ3) is 3.34. The zero-order valence-electron chi connectivity index (χ0n) is 11.9. The molecule has 21 heavy (non-hydrogen) atoms. The molecule has 3 heteroatoms. The van der Waals surface area contributed by atoms with Gasteiger partial charge in [-0.25, -0.2) is 0 Å². The summed E-state index contributed by atoms with van der Waals surface area (Å²) in [6.45, 7) is 3.10. The molecule has 1 heterocycles. The fourth-order valence-electron chi connectivity index (χ4n) is 2.85. The largest absolute Gasteiger partial charge is 0.299 e. The molecule has 0 aliphatic carbocycles. The minimum atomic E-state index is 0.0484. The van der Waals surface area contributed by atoms with Gasteiger partial charge in [0.2, 0.25) is 0 Å². The van der Waals surface area contributed by atoms with Crippen molar-refractivity contribution in [3.05, 3.63) is 70.2 Å². The number of benzene rings is 2. The molecule has 0 unspecified atom stereocenters. The number of hydrogen-bond donors (Lipinski definition) is 0. The van der Waals surface area contributed by atoms with Crippen molar-refractivity contribution in [3.8, 4) is 0 Å². The Kier molecular flexibility index (Phi) is 4.37. The normalized spacial score (nSPS) is 15.3. The van der Waals surface area contributed by atoms with Crippen molar-refractivity contribution in [1.82, 2.24) is 4.90 Å². The van der Waals surface area contributed by atoms with Crippen LogP contribution in [0, 0.1) is 0 Å². The summed E-state index contributed by atoms with van der Waals surface area (Å²) in [7, 11) is 0. The minimum Gasteiger partial charge on any atom is -0.299 e. The lowest BCUT2D eigenvalue weighted by Gasteiger charge is -2.17. The van der Waals surface area contributed by atoms with Gasteiger partial charge in [-0.2, -0.15) is 0 Å². The van der Waals surface area contributed by atoms with Crippen LogP contribution in [0.4, 0.5) is 0 Å². The van der Waals surface area contributed by atoms with Crippen LogP contribution in [0.25, 0.3) is 0 Å². The van der Waals surface area contributed by atoms with Gasteiger partial charge in [-0.1, -0.05) is 48.0 Å². The summed E-state index contributed by atoms with van der Waals surface area (Å²) in [5, 5.41) is 0.595. The van der Waals surface area contributed by atoms with E-state index in [1.54, 1.807) is 12.1 Å². The Morgan fingerprint density at radius 3 is 2.57 bits per heavy atom. The van der Waals surface area contributed by atoms with Crippen molar-refractivity contribution in [2.45, 2.75) is 19.4 Å². The minimum absolute atomic E-state index is 0.0484. The molecule has 0 spiro atoms. The first kappa shape index (κ1) is 14.3. The standard InChI is InChI=1S/C18H18ClNO/c19-16-8-5-7-14(12-16)18(21)17-9-2-1-6-15(17)13-20-10-3-4-11-20/h1-2,5-9,12H,3-4,10-11,13H2. The first-order chi connectivity index (χ1) is 10.2. The lowest BCUT2D eigenvalue weighted by Crippen LogP contribution is -2.20. The Hall–Kier alpha value is -1.64. The maximum atomic E-state index is 12.7. The number of likely N-dealkylation sites (tertiary alicyclic amines) is 1. The molecule has 2 aromatic carbocycles. The molecule has 3 rings (SSSR count). The number of carbonyl (C=O) groups is 1. The summed E-state index contributed by atoms with van der Waals surface area (Å²) in [4.78, 5) is 15.1. The zero-order chi connectivity index (χ0) is 14.7. The van der Waals surface area contributed by atoms with Crippen LogP contribution in [0.1, 0.15) is 34.3 Å². The third-order valence-electron chi connectivity index (χ3n) is 3.94. The zero-order valence-corrected chi connectivity index (χ0v) is 12.6. The van der Waals surface area contributed by atoms with Gasteiger partial charge in [-0.3, -0.25) is 9.69 Å². The number of carbonyl (C=O) groups excluding carboxylic acids is 1. The summed E-state index contributed by atoms with van der Waals surface area (Å²) < 4.78 is 0. The van der Waals surface area contributed by atoms with Gasteiger partial charge in [-0.15, -0.1) is 0 Å². The molecular weight excluding hydrogens is 282 g/mol. The monoisotopic (exact) mass is 299 g/mol. The van der Waals surface area contributed by atoms with Crippen LogP contribution in [-0.2, 0) is 6.54 Å². The SMILES string of the molecule is O=C(c1cccc(Cl)c1)c1ccccc1CN1CCCC1. The van der Waals surface area contributed by atoms with Crippen molar-refractivity contribution >= 4 is 17.4 Å². The average molecular weight is 300 g/mol. The maximum absolute atomic E-state index is 12.7. The van der Waals surface area contributed by atoms with E-state index in [2.05, 4.69) is 11.0 Å². The maximum Gasteiger partial charge on any atom is 0.193 e. The molecule has 1 fully saturated rings. The van der Waals surface area contributed by atoms with Crippen molar-refractivity contribution in [2.75, 3.05) is 13.1 Å². The van der Waals surface area contributed by atoms with Gasteiger partial charge >= 0.3 is 0 Å². The number of halogens is 1. The number of ketones is 1. The Balaban J connectivity index is 1.89. The van der Waals surface area contributed by atoms with E-state index in [4.69, 9.17) is 11.6 Å². The van der Waals surface area contributed by atoms with Crippen LogP contribution in [0.15, 0.2) is 48.5 Å². The molecule has 108 valence electrons. The molecule has 0 atom stereocenters. The average Bonchev–Trinajstić information content (AvgIpc) is 3.00. The smallest absolute Gasteiger partial charge is 0.193 e. The fourth-order valence-corrected chi connectivity index (χ4v) is 3.04. The predicted molar refractivity (Wildman–Crippen MR) is 85.8 cm³/mol. The molecule has 2 nitrogen and oxygen atoms in total. The molecule has 2 aromatic rings. The lowest BCUT2D eigenvalue weighted by molar-refractivity contribution is 0.103. The quantitative estimate of drug-likeness (QED) is 0.790. The Bertz CT molecular complexity index is 647. The van der Waals surface area contributed by atoms with Gasteiger partial charge in [0.1, 0.15) is 0 Å². The Morgan fingerprint density at radius 1 is 1.05 bits per heavy atom. The van der Waals surface area contributed by atoms with Crippen molar-refractivity contribution in [1.29, 1.82) is 0 Å². The molecule has 0 radical (unpaired) electrons. The van der Waals surface area contributed by atoms with Crippen molar-refractivity contribution < 1.29 is 4.79 Å². The molecule has 1 aliphatic heterocycles. The van der Waals surface area contributed by atoms with E-state index >= 15 is 0 Å². The van der Waals surface area contributed by atoms with Crippen LogP contribution in [0.2, 0.25) is 5.02 Å². The van der Waals surface area contributed by atoms with Crippen LogP contribution < -0.4 is 0 Å². The first-order valence-electron chi connectivity index (χ1n) is 7.34. The Labute approximate surface area is 130 Å². The summed E-state index contributed by atoms with van der Waals surface area (Å²) in [6, 6.07) is 15.0. The van der Waals surface area contributed by atoms with E-state index in [-0.39, 0.29) is 5.78 Å². The summed E-state index contributed by atoms with van der Waals surface area (Å²) in [6.07, 6.45) is 2.51. The molecule has 0 bridgehead atoms. The first-order valence-corrected chi connectivity index (χ1v) is 7.72. The van der Waals surface area contributed by atoms with Crippen LogP contribution in [-0.4, -0.2) is 23.8 Å². The van der Waals surface area contributed by atoms with E-state index in [9.17, 15) is 4.79 Å². The lowest BCUT2D eigenvalue weighted by atomic mass is 9.98. The molecule has 0 aromatic heterocycles. The number of rotatable bonds is 4. The van der Waals surface area contributed by atoms with E-state index < -0.39 is 0 Å². The molecule has 0 N–H and O–H groups in total. The van der Waals surface area contributed by atoms with Crippen molar-refractivity contribution in [2.24, 2.45) is 0 Å². The number of nitrogens with zero attached hydrogens (tertiary/aromatic N) is 1. The molecule has 0 saturated carbocycles. The molecule has 1 saturated heterocycles. The highest BCUT2D eigenvalue weighted by molar-refractivity contribution is 6.31. The van der Waals surface area contributed by atoms with E-state index in [0.717, 1.165) is 30.8 Å². The van der Waals surface area contributed by atoms with Crippen molar-refractivity contribution in [3.63, 3.8) is 0 Å². The van der Waals surface area contributed by atoms with Crippen LogP contribution in [0.3, 0.4) is 0 Å². The van der Waals surface area contributed by atoms with Gasteiger partial charge in [0.15, 0.2) is 5.78 Å². The van der Waals surface area contributed by atoms with Gasteiger partial charge in [0.05, 0.1) is 0 Å². The highest BCUT2D eigenvalue weighted by atomic mass is 35.5. The van der Waals surface area contributed by atoms with Gasteiger partial charge < -0.3 is 0 Å². The second kappa shape index (κ2) is 6.42. The fraction of sp³-hybridized carbons (Fsp3) is 0.278. The van der Waals surface area contributed by atoms with Crippen LogP contribution >= 0.6 is 11.6 Å². The van der Waals surface area contributed by atoms with Crippen LogP contribution in [0.5, 0.6) is 0 Å². The second-order valence-electron chi connectivity index (χ2n) is 5.48. The Morgan fingerprint density at radius 2 is 1.81 bits per heavy atom.